The third kappa shape index (κ3) is 3.30. The molecule has 1 heterocycles. The number of carbonyl (C=O) groups is 1. The van der Waals surface area contributed by atoms with Gasteiger partial charge in [0.05, 0.1) is 12.4 Å². The number of benzene rings is 1. The molecular formula is C14H17N5O. The molecule has 0 aliphatic heterocycles. The Hall–Kier alpha value is -2.47. The van der Waals surface area contributed by atoms with E-state index in [1.807, 2.05) is 31.2 Å². The Bertz CT molecular complexity index is 580. The summed E-state index contributed by atoms with van der Waals surface area (Å²) in [4.78, 5) is 21.8. The summed E-state index contributed by atoms with van der Waals surface area (Å²) in [5.74, 6) is 5.44. The van der Waals surface area contributed by atoms with Crippen molar-refractivity contribution >= 4 is 11.7 Å². The summed E-state index contributed by atoms with van der Waals surface area (Å²) >= 11 is 0. The number of nitrogen functional groups attached to an aromatic ring is 1. The highest BCUT2D eigenvalue weighted by Gasteiger charge is 2.13. The minimum Gasteiger partial charge on any atom is -0.336 e. The van der Waals surface area contributed by atoms with Gasteiger partial charge >= 0.3 is 0 Å². The van der Waals surface area contributed by atoms with E-state index in [2.05, 4.69) is 15.4 Å². The first-order valence-corrected chi connectivity index (χ1v) is 6.20. The van der Waals surface area contributed by atoms with Crippen molar-refractivity contribution in [2.45, 2.75) is 13.5 Å². The minimum atomic E-state index is -0.179. The molecule has 0 aliphatic rings. The molecule has 1 amide bonds. The van der Waals surface area contributed by atoms with Gasteiger partial charge < -0.3 is 10.3 Å². The van der Waals surface area contributed by atoms with Crippen LogP contribution >= 0.6 is 0 Å². The summed E-state index contributed by atoms with van der Waals surface area (Å²) in [6.45, 7) is 2.55. The van der Waals surface area contributed by atoms with Crippen LogP contribution in [-0.4, -0.2) is 27.8 Å². The second kappa shape index (κ2) is 6.12. The number of hydrogen-bond acceptors (Lipinski definition) is 5. The smallest absolute Gasteiger partial charge is 0.274 e. The van der Waals surface area contributed by atoms with Crippen LogP contribution in [0.25, 0.3) is 0 Å². The van der Waals surface area contributed by atoms with Crippen molar-refractivity contribution in [3.8, 4) is 0 Å². The Morgan fingerprint density at radius 1 is 1.25 bits per heavy atom. The van der Waals surface area contributed by atoms with E-state index in [1.54, 1.807) is 11.9 Å². The Kier molecular flexibility index (Phi) is 4.27. The summed E-state index contributed by atoms with van der Waals surface area (Å²) in [7, 11) is 1.74. The quantitative estimate of drug-likeness (QED) is 0.647. The summed E-state index contributed by atoms with van der Waals surface area (Å²) in [5, 5.41) is 0. The highest BCUT2D eigenvalue weighted by Crippen LogP contribution is 2.08. The predicted octanol–water partition coefficient (Wildman–Crippen LogP) is 1.34. The summed E-state index contributed by atoms with van der Waals surface area (Å²) in [6, 6.07) is 8.06. The molecule has 1 aromatic carbocycles. The first-order chi connectivity index (χ1) is 9.60. The molecule has 0 unspecified atom stereocenters. The van der Waals surface area contributed by atoms with E-state index in [0.29, 0.717) is 18.1 Å². The van der Waals surface area contributed by atoms with Crippen LogP contribution < -0.4 is 11.3 Å². The van der Waals surface area contributed by atoms with E-state index < -0.39 is 0 Å². The highest BCUT2D eigenvalue weighted by atomic mass is 16.2. The molecule has 0 saturated heterocycles. The van der Waals surface area contributed by atoms with Crippen molar-refractivity contribution in [2.24, 2.45) is 5.84 Å². The zero-order chi connectivity index (χ0) is 14.5. The van der Waals surface area contributed by atoms with E-state index in [-0.39, 0.29) is 5.91 Å². The summed E-state index contributed by atoms with van der Waals surface area (Å²) < 4.78 is 0. The van der Waals surface area contributed by atoms with E-state index >= 15 is 0 Å². The molecule has 6 heteroatoms. The molecule has 0 bridgehead atoms. The van der Waals surface area contributed by atoms with Gasteiger partial charge in [-0.25, -0.2) is 15.8 Å². The number of amides is 1. The van der Waals surface area contributed by atoms with Gasteiger partial charge in [-0.05, 0) is 12.5 Å². The van der Waals surface area contributed by atoms with Crippen molar-refractivity contribution in [3.63, 3.8) is 0 Å². The number of rotatable bonds is 4. The second-order valence-corrected chi connectivity index (χ2v) is 4.58. The minimum absolute atomic E-state index is 0.179. The zero-order valence-electron chi connectivity index (χ0n) is 11.5. The van der Waals surface area contributed by atoms with Gasteiger partial charge in [-0.1, -0.05) is 29.8 Å². The largest absolute Gasteiger partial charge is 0.336 e. The van der Waals surface area contributed by atoms with Crippen LogP contribution in [0.4, 0.5) is 5.82 Å². The van der Waals surface area contributed by atoms with Gasteiger partial charge in [-0.2, -0.15) is 0 Å². The standard InChI is InChI=1S/C14H17N5O/c1-10-3-5-11(6-4-10)9-19(2)14(20)12-7-17-13(18-15)8-16-12/h3-8H,9,15H2,1-2H3,(H,17,18). The highest BCUT2D eigenvalue weighted by molar-refractivity contribution is 5.91. The molecule has 2 aromatic rings. The number of carbonyl (C=O) groups excluding carboxylic acids is 1. The monoisotopic (exact) mass is 271 g/mol. The van der Waals surface area contributed by atoms with Crippen molar-refractivity contribution in [1.82, 2.24) is 14.9 Å². The number of aryl methyl sites for hydroxylation is 1. The number of hydrazine groups is 1. The molecule has 20 heavy (non-hydrogen) atoms. The van der Waals surface area contributed by atoms with Gasteiger partial charge in [0.2, 0.25) is 0 Å². The lowest BCUT2D eigenvalue weighted by molar-refractivity contribution is 0.0779. The summed E-state index contributed by atoms with van der Waals surface area (Å²) in [5.41, 5.74) is 4.92. The molecule has 0 aliphatic carbocycles. The van der Waals surface area contributed by atoms with Gasteiger partial charge in [0, 0.05) is 13.6 Å². The fourth-order valence-corrected chi connectivity index (χ4v) is 1.75. The maximum Gasteiger partial charge on any atom is 0.274 e. The molecular weight excluding hydrogens is 254 g/mol. The van der Waals surface area contributed by atoms with Crippen LogP contribution in [0.5, 0.6) is 0 Å². The van der Waals surface area contributed by atoms with E-state index in [1.165, 1.54) is 18.0 Å². The lowest BCUT2D eigenvalue weighted by Crippen LogP contribution is -2.27. The van der Waals surface area contributed by atoms with Gasteiger partial charge in [0.25, 0.3) is 5.91 Å². The molecule has 0 saturated carbocycles. The Balaban J connectivity index is 2.05. The molecule has 2 rings (SSSR count). The van der Waals surface area contributed by atoms with Crippen molar-refractivity contribution in [1.29, 1.82) is 0 Å². The van der Waals surface area contributed by atoms with E-state index in [9.17, 15) is 4.79 Å². The number of nitrogens with two attached hydrogens (primary N) is 1. The van der Waals surface area contributed by atoms with E-state index in [0.717, 1.165) is 5.56 Å². The van der Waals surface area contributed by atoms with Crippen molar-refractivity contribution < 1.29 is 4.79 Å². The Morgan fingerprint density at radius 2 is 1.95 bits per heavy atom. The number of aromatic nitrogens is 2. The molecule has 0 radical (unpaired) electrons. The number of hydrogen-bond donors (Lipinski definition) is 2. The molecule has 3 N–H and O–H groups in total. The first kappa shape index (κ1) is 14.0. The summed E-state index contributed by atoms with van der Waals surface area (Å²) in [6.07, 6.45) is 2.83. The molecule has 6 nitrogen and oxygen atoms in total. The molecule has 104 valence electrons. The second-order valence-electron chi connectivity index (χ2n) is 4.58. The lowest BCUT2D eigenvalue weighted by Gasteiger charge is -2.16. The average Bonchev–Trinajstić information content (AvgIpc) is 2.49. The number of anilines is 1. The molecule has 1 aromatic heterocycles. The van der Waals surface area contributed by atoms with Crippen molar-refractivity contribution in [3.05, 3.63) is 53.5 Å². The van der Waals surface area contributed by atoms with Gasteiger partial charge in [0.15, 0.2) is 5.82 Å². The third-order valence-corrected chi connectivity index (χ3v) is 2.91. The van der Waals surface area contributed by atoms with Gasteiger partial charge in [0.1, 0.15) is 5.69 Å². The van der Waals surface area contributed by atoms with Crippen LogP contribution in [0.3, 0.4) is 0 Å². The van der Waals surface area contributed by atoms with Crippen LogP contribution in [-0.2, 0) is 6.54 Å². The van der Waals surface area contributed by atoms with Crippen LogP contribution in [0.15, 0.2) is 36.7 Å². The van der Waals surface area contributed by atoms with Crippen LogP contribution in [0.1, 0.15) is 21.6 Å². The van der Waals surface area contributed by atoms with Crippen LogP contribution in [0, 0.1) is 6.92 Å². The van der Waals surface area contributed by atoms with Crippen molar-refractivity contribution in [2.75, 3.05) is 12.5 Å². The third-order valence-electron chi connectivity index (χ3n) is 2.91. The lowest BCUT2D eigenvalue weighted by atomic mass is 10.1. The van der Waals surface area contributed by atoms with Gasteiger partial charge in [-0.3, -0.25) is 4.79 Å². The number of nitrogens with one attached hydrogen (secondary N) is 1. The Morgan fingerprint density at radius 3 is 2.50 bits per heavy atom. The fourth-order valence-electron chi connectivity index (χ4n) is 1.75. The van der Waals surface area contributed by atoms with Crippen LogP contribution in [0.2, 0.25) is 0 Å². The van der Waals surface area contributed by atoms with Gasteiger partial charge in [-0.15, -0.1) is 0 Å². The molecule has 0 fully saturated rings. The fraction of sp³-hybridized carbons (Fsp3) is 0.214. The Labute approximate surface area is 117 Å². The predicted molar refractivity (Wildman–Crippen MR) is 76.8 cm³/mol. The molecule has 0 spiro atoms. The SMILES string of the molecule is Cc1ccc(CN(C)C(=O)c2cnc(NN)cn2)cc1. The average molecular weight is 271 g/mol. The number of nitrogens with zero attached hydrogens (tertiary/aromatic N) is 3. The molecule has 0 atom stereocenters. The van der Waals surface area contributed by atoms with E-state index in [4.69, 9.17) is 5.84 Å². The topological polar surface area (TPSA) is 84.1 Å². The maximum absolute atomic E-state index is 12.2. The zero-order valence-corrected chi connectivity index (χ0v) is 11.5. The maximum atomic E-state index is 12.2. The first-order valence-electron chi connectivity index (χ1n) is 6.20. The normalized spacial score (nSPS) is 10.2.